The van der Waals surface area contributed by atoms with Crippen molar-refractivity contribution in [3.8, 4) is 0 Å². The van der Waals surface area contributed by atoms with Gasteiger partial charge < -0.3 is 0 Å². The summed E-state index contributed by atoms with van der Waals surface area (Å²) < 4.78 is 63.1. The van der Waals surface area contributed by atoms with Crippen LogP contribution in [0.2, 0.25) is 0 Å². The van der Waals surface area contributed by atoms with E-state index in [-0.39, 0.29) is 10.2 Å². The van der Waals surface area contributed by atoms with Gasteiger partial charge in [-0.25, -0.2) is 8.42 Å². The summed E-state index contributed by atoms with van der Waals surface area (Å²) in [5.74, 6) is 0. The standard InChI is InChI=1S/C10H9BrF3NO2S/c11-9-4-1-6(5-8(9)10(12,13)14)15-18(16,17)7-2-3-7/h1,4-5,7,15H,2-3H2. The minimum atomic E-state index is -4.53. The lowest BCUT2D eigenvalue weighted by Gasteiger charge is -2.12. The predicted octanol–water partition coefficient (Wildman–Crippen LogP) is 3.37. The van der Waals surface area contributed by atoms with Crippen molar-refractivity contribution < 1.29 is 21.6 Å². The van der Waals surface area contributed by atoms with Crippen LogP contribution in [0, 0.1) is 0 Å². The normalized spacial score (nSPS) is 16.7. The maximum atomic E-state index is 12.6. The van der Waals surface area contributed by atoms with Crippen LogP contribution in [0.3, 0.4) is 0 Å². The van der Waals surface area contributed by atoms with Crippen molar-refractivity contribution in [3.63, 3.8) is 0 Å². The minimum Gasteiger partial charge on any atom is -0.283 e. The third kappa shape index (κ3) is 2.97. The Bertz CT molecular complexity index is 567. The van der Waals surface area contributed by atoms with Crippen LogP contribution >= 0.6 is 15.9 Å². The van der Waals surface area contributed by atoms with Crippen molar-refractivity contribution in [2.24, 2.45) is 0 Å². The Kier molecular flexibility index (Phi) is 3.35. The SMILES string of the molecule is O=S(=O)(Nc1ccc(Br)c(C(F)(F)F)c1)C1CC1. The first-order valence-corrected chi connectivity index (χ1v) is 7.42. The lowest BCUT2D eigenvalue weighted by Crippen LogP contribution is -2.18. The van der Waals surface area contributed by atoms with Gasteiger partial charge in [-0.2, -0.15) is 13.2 Å². The summed E-state index contributed by atoms with van der Waals surface area (Å²) in [5.41, 5.74) is -0.976. The smallest absolute Gasteiger partial charge is 0.283 e. The number of hydrogen-bond donors (Lipinski definition) is 1. The van der Waals surface area contributed by atoms with Gasteiger partial charge in [-0.3, -0.25) is 4.72 Å². The Labute approximate surface area is 111 Å². The summed E-state index contributed by atoms with van der Waals surface area (Å²) in [4.78, 5) is 0. The fourth-order valence-electron chi connectivity index (χ4n) is 1.43. The summed E-state index contributed by atoms with van der Waals surface area (Å²) in [6.07, 6.45) is -3.42. The van der Waals surface area contributed by atoms with Gasteiger partial charge in [0, 0.05) is 10.2 Å². The number of anilines is 1. The third-order valence-electron chi connectivity index (χ3n) is 2.50. The highest BCUT2D eigenvalue weighted by molar-refractivity contribution is 9.10. The van der Waals surface area contributed by atoms with Crippen LogP contribution in [0.5, 0.6) is 0 Å². The van der Waals surface area contributed by atoms with Gasteiger partial charge in [0.1, 0.15) is 0 Å². The first-order chi connectivity index (χ1) is 8.20. The van der Waals surface area contributed by atoms with Crippen LogP contribution < -0.4 is 4.72 Å². The zero-order chi connectivity index (χ0) is 13.6. The molecule has 3 nitrogen and oxygen atoms in total. The van der Waals surface area contributed by atoms with Crippen LogP contribution in [0.15, 0.2) is 22.7 Å². The molecule has 2 rings (SSSR count). The van der Waals surface area contributed by atoms with E-state index in [1.165, 1.54) is 12.1 Å². The van der Waals surface area contributed by atoms with E-state index in [9.17, 15) is 21.6 Å². The molecule has 1 fully saturated rings. The molecule has 1 aliphatic rings. The molecule has 1 N–H and O–H groups in total. The van der Waals surface area contributed by atoms with Crippen LogP contribution in [0.25, 0.3) is 0 Å². The van der Waals surface area contributed by atoms with Crippen molar-refractivity contribution in [1.82, 2.24) is 0 Å². The van der Waals surface area contributed by atoms with E-state index in [2.05, 4.69) is 20.7 Å². The van der Waals surface area contributed by atoms with Gasteiger partial charge in [0.25, 0.3) is 0 Å². The molecule has 0 bridgehead atoms. The number of alkyl halides is 3. The molecule has 1 aromatic carbocycles. The number of nitrogens with one attached hydrogen (secondary N) is 1. The molecule has 0 radical (unpaired) electrons. The van der Waals surface area contributed by atoms with E-state index in [0.717, 1.165) is 6.07 Å². The fraction of sp³-hybridized carbons (Fsp3) is 0.400. The van der Waals surface area contributed by atoms with Gasteiger partial charge in [0.15, 0.2) is 0 Å². The Balaban J connectivity index is 2.30. The van der Waals surface area contributed by atoms with Gasteiger partial charge >= 0.3 is 6.18 Å². The molecule has 0 amide bonds. The maximum Gasteiger partial charge on any atom is 0.417 e. The van der Waals surface area contributed by atoms with E-state index in [0.29, 0.717) is 12.8 Å². The Morgan fingerprint density at radius 3 is 2.39 bits per heavy atom. The van der Waals surface area contributed by atoms with Crippen molar-refractivity contribution >= 4 is 31.6 Å². The zero-order valence-corrected chi connectivity index (χ0v) is 11.4. The van der Waals surface area contributed by atoms with Crippen LogP contribution in [-0.2, 0) is 16.2 Å². The average Bonchev–Trinajstić information content (AvgIpc) is 3.02. The van der Waals surface area contributed by atoms with Crippen LogP contribution in [-0.4, -0.2) is 13.7 Å². The molecule has 0 heterocycles. The number of sulfonamides is 1. The molecule has 0 atom stereocenters. The van der Waals surface area contributed by atoms with Gasteiger partial charge in [0.2, 0.25) is 10.0 Å². The molecule has 0 unspecified atom stereocenters. The minimum absolute atomic E-state index is 0.0718. The monoisotopic (exact) mass is 343 g/mol. The topological polar surface area (TPSA) is 46.2 Å². The highest BCUT2D eigenvalue weighted by atomic mass is 79.9. The molecule has 0 saturated heterocycles. The second kappa shape index (κ2) is 4.41. The Morgan fingerprint density at radius 1 is 1.28 bits per heavy atom. The van der Waals surface area contributed by atoms with E-state index in [1.807, 2.05) is 0 Å². The van der Waals surface area contributed by atoms with Gasteiger partial charge in [-0.05, 0) is 31.0 Å². The quantitative estimate of drug-likeness (QED) is 0.914. The molecular weight excluding hydrogens is 335 g/mol. The second-order valence-electron chi connectivity index (χ2n) is 4.04. The highest BCUT2D eigenvalue weighted by Gasteiger charge is 2.37. The second-order valence-corrected chi connectivity index (χ2v) is 6.85. The van der Waals surface area contributed by atoms with Crippen LogP contribution in [0.4, 0.5) is 18.9 Å². The van der Waals surface area contributed by atoms with E-state index >= 15 is 0 Å². The molecule has 100 valence electrons. The first kappa shape index (κ1) is 13.7. The molecule has 0 spiro atoms. The lowest BCUT2D eigenvalue weighted by molar-refractivity contribution is -0.138. The van der Waals surface area contributed by atoms with Crippen LogP contribution in [0.1, 0.15) is 18.4 Å². The molecule has 0 aliphatic heterocycles. The highest BCUT2D eigenvalue weighted by Crippen LogP contribution is 2.37. The maximum absolute atomic E-state index is 12.6. The molecular formula is C10H9BrF3NO2S. The Hall–Kier alpha value is -0.760. The van der Waals surface area contributed by atoms with Gasteiger partial charge in [-0.15, -0.1) is 0 Å². The largest absolute Gasteiger partial charge is 0.417 e. The Morgan fingerprint density at radius 2 is 1.89 bits per heavy atom. The fourth-order valence-corrected chi connectivity index (χ4v) is 3.28. The molecule has 18 heavy (non-hydrogen) atoms. The first-order valence-electron chi connectivity index (χ1n) is 5.08. The predicted molar refractivity (Wildman–Crippen MR) is 64.7 cm³/mol. The summed E-state index contributed by atoms with van der Waals surface area (Å²) in [5, 5.41) is -0.476. The lowest BCUT2D eigenvalue weighted by atomic mass is 10.2. The van der Waals surface area contributed by atoms with Crippen molar-refractivity contribution in [1.29, 1.82) is 0 Å². The van der Waals surface area contributed by atoms with E-state index < -0.39 is 27.0 Å². The van der Waals surface area contributed by atoms with Crippen molar-refractivity contribution in [2.45, 2.75) is 24.3 Å². The summed E-state index contributed by atoms with van der Waals surface area (Å²) in [6.45, 7) is 0. The zero-order valence-electron chi connectivity index (χ0n) is 8.96. The molecule has 1 saturated carbocycles. The van der Waals surface area contributed by atoms with E-state index in [1.54, 1.807) is 0 Å². The number of benzene rings is 1. The van der Waals surface area contributed by atoms with E-state index in [4.69, 9.17) is 0 Å². The van der Waals surface area contributed by atoms with Crippen molar-refractivity contribution in [3.05, 3.63) is 28.2 Å². The summed E-state index contributed by atoms with van der Waals surface area (Å²) >= 11 is 2.79. The van der Waals surface area contributed by atoms with Gasteiger partial charge in [0.05, 0.1) is 10.8 Å². The van der Waals surface area contributed by atoms with Gasteiger partial charge in [-0.1, -0.05) is 15.9 Å². The molecule has 1 aliphatic carbocycles. The van der Waals surface area contributed by atoms with Crippen molar-refractivity contribution in [2.75, 3.05) is 4.72 Å². The third-order valence-corrected chi connectivity index (χ3v) is 5.06. The summed E-state index contributed by atoms with van der Waals surface area (Å²) in [7, 11) is -3.55. The number of rotatable bonds is 3. The molecule has 8 heteroatoms. The molecule has 0 aromatic heterocycles. The number of halogens is 4. The summed E-state index contributed by atoms with van der Waals surface area (Å²) in [6, 6.07) is 3.25. The number of hydrogen-bond acceptors (Lipinski definition) is 2. The average molecular weight is 344 g/mol. The molecule has 1 aromatic rings.